The molecule has 0 radical (unpaired) electrons. The molecule has 0 saturated heterocycles. The summed E-state index contributed by atoms with van der Waals surface area (Å²) in [5.41, 5.74) is 6.50. The molecule has 0 aliphatic rings. The van der Waals surface area contributed by atoms with Crippen molar-refractivity contribution in [2.45, 2.75) is 71.3 Å². The number of carbonyl (C=O) groups is 4. The zero-order valence-electron chi connectivity index (χ0n) is 19.0. The number of aromatic amines is 1. The minimum Gasteiger partial charge on any atom is -0.480 e. The number of carboxylic acids is 1. The van der Waals surface area contributed by atoms with E-state index in [1.807, 2.05) is 0 Å². The number of nitrogens with zero attached hydrogens (tertiary/aromatic N) is 1. The molecule has 12 heteroatoms. The van der Waals surface area contributed by atoms with Crippen molar-refractivity contribution in [3.63, 3.8) is 0 Å². The van der Waals surface area contributed by atoms with Gasteiger partial charge in [-0.1, -0.05) is 27.7 Å². The van der Waals surface area contributed by atoms with E-state index in [0.717, 1.165) is 0 Å². The van der Waals surface area contributed by atoms with Crippen LogP contribution in [0.2, 0.25) is 0 Å². The molecule has 1 aromatic rings. The van der Waals surface area contributed by atoms with E-state index in [1.54, 1.807) is 27.7 Å². The third-order valence-corrected chi connectivity index (χ3v) is 4.87. The second-order valence-corrected chi connectivity index (χ2v) is 8.41. The van der Waals surface area contributed by atoms with Gasteiger partial charge in [0, 0.05) is 18.3 Å². The van der Waals surface area contributed by atoms with E-state index in [4.69, 9.17) is 5.73 Å². The minimum atomic E-state index is -1.37. The van der Waals surface area contributed by atoms with E-state index in [0.29, 0.717) is 5.69 Å². The zero-order valence-corrected chi connectivity index (χ0v) is 19.0. The fourth-order valence-corrected chi connectivity index (χ4v) is 2.93. The molecule has 5 atom stereocenters. The van der Waals surface area contributed by atoms with E-state index in [9.17, 15) is 29.4 Å². The molecule has 1 heterocycles. The van der Waals surface area contributed by atoms with Crippen molar-refractivity contribution in [3.8, 4) is 0 Å². The summed E-state index contributed by atoms with van der Waals surface area (Å²) in [5, 5.41) is 26.7. The first kappa shape index (κ1) is 27.0. The SMILES string of the molecule is CC(C)C(NC(=O)C(NC(=O)C(NC(=O)C(N)Cc1cnc[nH]1)C(C)O)C(C)C)C(=O)O. The molecule has 12 nitrogen and oxygen atoms in total. The van der Waals surface area contributed by atoms with E-state index >= 15 is 0 Å². The lowest BCUT2D eigenvalue weighted by molar-refractivity contribution is -0.144. The highest BCUT2D eigenvalue weighted by atomic mass is 16.4. The molecular formula is C20H34N6O6. The average Bonchev–Trinajstić information content (AvgIpc) is 3.19. The molecule has 0 bridgehead atoms. The maximum Gasteiger partial charge on any atom is 0.326 e. The number of aromatic nitrogens is 2. The van der Waals surface area contributed by atoms with Gasteiger partial charge >= 0.3 is 5.97 Å². The van der Waals surface area contributed by atoms with Crippen LogP contribution in [0.3, 0.4) is 0 Å². The van der Waals surface area contributed by atoms with Crippen LogP contribution in [0.15, 0.2) is 12.5 Å². The number of H-pyrrole nitrogens is 1. The van der Waals surface area contributed by atoms with Crippen molar-refractivity contribution < 1.29 is 29.4 Å². The summed E-state index contributed by atoms with van der Waals surface area (Å²) < 4.78 is 0. The molecule has 0 aliphatic carbocycles. The summed E-state index contributed by atoms with van der Waals surface area (Å²) in [4.78, 5) is 55.9. The van der Waals surface area contributed by atoms with Crippen molar-refractivity contribution in [3.05, 3.63) is 18.2 Å². The summed E-state index contributed by atoms with van der Waals surface area (Å²) >= 11 is 0. The molecule has 0 fully saturated rings. The van der Waals surface area contributed by atoms with Gasteiger partial charge in [0.2, 0.25) is 17.7 Å². The summed E-state index contributed by atoms with van der Waals surface area (Å²) in [6.07, 6.45) is 1.82. The molecule has 1 aromatic heterocycles. The Morgan fingerprint density at radius 2 is 1.44 bits per heavy atom. The number of carbonyl (C=O) groups excluding carboxylic acids is 3. The number of carboxylic acid groups (broad SMARTS) is 1. The third-order valence-electron chi connectivity index (χ3n) is 4.87. The van der Waals surface area contributed by atoms with Gasteiger partial charge in [-0.25, -0.2) is 9.78 Å². The van der Waals surface area contributed by atoms with Crippen molar-refractivity contribution in [2.24, 2.45) is 17.6 Å². The van der Waals surface area contributed by atoms with Crippen molar-refractivity contribution in [1.29, 1.82) is 0 Å². The minimum absolute atomic E-state index is 0.142. The van der Waals surface area contributed by atoms with Crippen LogP contribution in [0.5, 0.6) is 0 Å². The van der Waals surface area contributed by atoms with Gasteiger partial charge in [0.05, 0.1) is 18.5 Å². The summed E-state index contributed by atoms with van der Waals surface area (Å²) in [5.74, 6) is -4.11. The number of imidazole rings is 1. The summed E-state index contributed by atoms with van der Waals surface area (Å²) in [7, 11) is 0. The van der Waals surface area contributed by atoms with Crippen LogP contribution < -0.4 is 21.7 Å². The lowest BCUT2D eigenvalue weighted by Crippen LogP contribution is -2.61. The number of nitrogens with two attached hydrogens (primary N) is 1. The molecule has 32 heavy (non-hydrogen) atoms. The van der Waals surface area contributed by atoms with Crippen LogP contribution in [0.25, 0.3) is 0 Å². The molecule has 5 unspecified atom stereocenters. The second-order valence-electron chi connectivity index (χ2n) is 8.41. The highest BCUT2D eigenvalue weighted by Crippen LogP contribution is 2.08. The van der Waals surface area contributed by atoms with Gasteiger partial charge in [0.1, 0.15) is 18.1 Å². The summed E-state index contributed by atoms with van der Waals surface area (Å²) in [6, 6.07) is -4.59. The molecule has 0 saturated carbocycles. The van der Waals surface area contributed by atoms with Crippen LogP contribution in [-0.2, 0) is 25.6 Å². The molecular weight excluding hydrogens is 420 g/mol. The smallest absolute Gasteiger partial charge is 0.326 e. The Labute approximate surface area is 186 Å². The Morgan fingerprint density at radius 1 is 0.938 bits per heavy atom. The molecule has 180 valence electrons. The van der Waals surface area contributed by atoms with Crippen LogP contribution in [-0.4, -0.2) is 74.1 Å². The van der Waals surface area contributed by atoms with Crippen molar-refractivity contribution in [2.75, 3.05) is 0 Å². The molecule has 8 N–H and O–H groups in total. The quantitative estimate of drug-likeness (QED) is 0.198. The Balaban J connectivity index is 2.87. The fraction of sp³-hybridized carbons (Fsp3) is 0.650. The molecule has 0 aromatic carbocycles. The van der Waals surface area contributed by atoms with Gasteiger partial charge in [0.25, 0.3) is 0 Å². The van der Waals surface area contributed by atoms with Gasteiger partial charge in [-0.2, -0.15) is 0 Å². The molecule has 0 aliphatic heterocycles. The maximum absolute atomic E-state index is 12.8. The third kappa shape index (κ3) is 7.93. The zero-order chi connectivity index (χ0) is 24.6. The van der Waals surface area contributed by atoms with Gasteiger partial charge in [-0.3, -0.25) is 14.4 Å². The highest BCUT2D eigenvalue weighted by molar-refractivity contribution is 5.94. The van der Waals surface area contributed by atoms with Gasteiger partial charge < -0.3 is 36.9 Å². The highest BCUT2D eigenvalue weighted by Gasteiger charge is 2.34. The molecule has 0 spiro atoms. The maximum atomic E-state index is 12.8. The normalized spacial score (nSPS) is 16.0. The first-order valence-corrected chi connectivity index (χ1v) is 10.4. The standard InChI is InChI=1S/C20H34N6O6/c1-9(2)14(18(29)25-15(10(3)4)20(31)32)24-19(30)16(11(5)27)26-17(28)13(21)6-12-7-22-8-23-12/h7-11,13-16,27H,6,21H2,1-5H3,(H,22,23)(H,24,30)(H,25,29)(H,26,28)(H,31,32). The number of hydrogen-bond acceptors (Lipinski definition) is 7. The number of nitrogens with one attached hydrogen (secondary N) is 4. The van der Waals surface area contributed by atoms with Crippen LogP contribution in [0.4, 0.5) is 0 Å². The van der Waals surface area contributed by atoms with E-state index in [2.05, 4.69) is 25.9 Å². The predicted octanol–water partition coefficient (Wildman–Crippen LogP) is -1.49. The Kier molecular flexibility index (Phi) is 10.3. The molecule has 1 rings (SSSR count). The number of aliphatic hydroxyl groups is 1. The Bertz CT molecular complexity index is 780. The first-order chi connectivity index (χ1) is 14.8. The topological polar surface area (TPSA) is 200 Å². The Morgan fingerprint density at radius 3 is 1.88 bits per heavy atom. The van der Waals surface area contributed by atoms with E-state index in [1.165, 1.54) is 19.4 Å². The van der Waals surface area contributed by atoms with Crippen LogP contribution >= 0.6 is 0 Å². The van der Waals surface area contributed by atoms with Crippen LogP contribution in [0, 0.1) is 11.8 Å². The predicted molar refractivity (Wildman–Crippen MR) is 115 cm³/mol. The van der Waals surface area contributed by atoms with E-state index in [-0.39, 0.29) is 12.3 Å². The average molecular weight is 455 g/mol. The number of aliphatic hydroxyl groups excluding tert-OH is 1. The lowest BCUT2D eigenvalue weighted by atomic mass is 9.99. The van der Waals surface area contributed by atoms with E-state index < -0.39 is 59.9 Å². The monoisotopic (exact) mass is 454 g/mol. The van der Waals surface area contributed by atoms with Crippen molar-refractivity contribution in [1.82, 2.24) is 25.9 Å². The number of aliphatic carboxylic acids is 1. The largest absolute Gasteiger partial charge is 0.480 e. The number of amides is 3. The number of rotatable bonds is 12. The van der Waals surface area contributed by atoms with Gasteiger partial charge in [-0.05, 0) is 18.8 Å². The Hall–Kier alpha value is -2.99. The van der Waals surface area contributed by atoms with Crippen molar-refractivity contribution >= 4 is 23.7 Å². The number of hydrogen-bond donors (Lipinski definition) is 7. The fourth-order valence-electron chi connectivity index (χ4n) is 2.93. The lowest BCUT2D eigenvalue weighted by Gasteiger charge is -2.28. The van der Waals surface area contributed by atoms with Crippen LogP contribution in [0.1, 0.15) is 40.3 Å². The molecule has 3 amide bonds. The second kappa shape index (κ2) is 12.2. The summed E-state index contributed by atoms with van der Waals surface area (Å²) in [6.45, 7) is 7.95. The van der Waals surface area contributed by atoms with Gasteiger partial charge in [-0.15, -0.1) is 0 Å². The first-order valence-electron chi connectivity index (χ1n) is 10.4. The van der Waals surface area contributed by atoms with Gasteiger partial charge in [0.15, 0.2) is 0 Å².